The van der Waals surface area contributed by atoms with E-state index < -0.39 is 11.7 Å². The van der Waals surface area contributed by atoms with Crippen LogP contribution in [0.25, 0.3) is 10.8 Å². The standard InChI is InChI=1S/C23H22F3NO2/c1-15(17-6-7-19-13-21(29-3)11-8-18(19)12-17)22(28)27(2)14-16-4-9-20(10-5-16)23(24,25)26/h4-13,15H,14H2,1-3H3/t15-/m0/s1. The SMILES string of the molecule is COc1ccc2cc([C@H](C)C(=O)N(C)Cc3ccc(C(F)(F)F)cc3)ccc2c1. The maximum atomic E-state index is 12.8. The molecule has 0 radical (unpaired) electrons. The number of nitrogens with zero attached hydrogens (tertiary/aromatic N) is 1. The summed E-state index contributed by atoms with van der Waals surface area (Å²) in [5.74, 6) is 0.296. The Bertz CT molecular complexity index is 1010. The fourth-order valence-corrected chi connectivity index (χ4v) is 3.26. The van der Waals surface area contributed by atoms with Gasteiger partial charge in [0, 0.05) is 13.6 Å². The van der Waals surface area contributed by atoms with Crippen molar-refractivity contribution in [1.29, 1.82) is 0 Å². The molecule has 152 valence electrons. The lowest BCUT2D eigenvalue weighted by molar-refractivity contribution is -0.137. The molecule has 3 rings (SSSR count). The van der Waals surface area contributed by atoms with Crippen molar-refractivity contribution in [3.05, 3.63) is 77.4 Å². The molecule has 0 N–H and O–H groups in total. The first-order chi connectivity index (χ1) is 13.7. The van der Waals surface area contributed by atoms with Gasteiger partial charge in [-0.2, -0.15) is 13.2 Å². The Morgan fingerprint density at radius 3 is 2.24 bits per heavy atom. The number of hydrogen-bond acceptors (Lipinski definition) is 2. The van der Waals surface area contributed by atoms with Crippen molar-refractivity contribution < 1.29 is 22.7 Å². The molecule has 0 saturated heterocycles. The monoisotopic (exact) mass is 401 g/mol. The van der Waals surface area contributed by atoms with Crippen LogP contribution in [0.15, 0.2) is 60.7 Å². The Hall–Kier alpha value is -3.02. The van der Waals surface area contributed by atoms with Crippen LogP contribution in [0.4, 0.5) is 13.2 Å². The van der Waals surface area contributed by atoms with Gasteiger partial charge in [0.15, 0.2) is 0 Å². The molecule has 0 aromatic heterocycles. The topological polar surface area (TPSA) is 29.5 Å². The number of carbonyl (C=O) groups is 1. The van der Waals surface area contributed by atoms with E-state index in [2.05, 4.69) is 0 Å². The van der Waals surface area contributed by atoms with Crippen LogP contribution in [0.1, 0.15) is 29.5 Å². The minimum atomic E-state index is -4.37. The summed E-state index contributed by atoms with van der Waals surface area (Å²) in [5, 5.41) is 2.03. The second-order valence-electron chi connectivity index (χ2n) is 7.08. The second kappa shape index (κ2) is 8.15. The number of methoxy groups -OCH3 is 1. The number of alkyl halides is 3. The van der Waals surface area contributed by atoms with Crippen molar-refractivity contribution in [2.24, 2.45) is 0 Å². The highest BCUT2D eigenvalue weighted by Crippen LogP contribution is 2.30. The first kappa shape index (κ1) is 20.7. The van der Waals surface area contributed by atoms with Gasteiger partial charge in [-0.3, -0.25) is 4.79 Å². The van der Waals surface area contributed by atoms with Gasteiger partial charge < -0.3 is 9.64 Å². The van der Waals surface area contributed by atoms with Crippen molar-refractivity contribution >= 4 is 16.7 Å². The van der Waals surface area contributed by atoms with Crippen molar-refractivity contribution in [2.75, 3.05) is 14.2 Å². The van der Waals surface area contributed by atoms with Crippen LogP contribution in [-0.4, -0.2) is 25.0 Å². The van der Waals surface area contributed by atoms with Crippen molar-refractivity contribution in [1.82, 2.24) is 4.90 Å². The van der Waals surface area contributed by atoms with Gasteiger partial charge in [0.2, 0.25) is 5.91 Å². The summed E-state index contributed by atoms with van der Waals surface area (Å²) in [5.41, 5.74) is 0.829. The smallest absolute Gasteiger partial charge is 0.416 e. The number of rotatable bonds is 5. The maximum absolute atomic E-state index is 12.8. The predicted molar refractivity (Wildman–Crippen MR) is 107 cm³/mol. The summed E-state index contributed by atoms with van der Waals surface area (Å²) >= 11 is 0. The Morgan fingerprint density at radius 1 is 1.00 bits per heavy atom. The molecule has 0 spiro atoms. The zero-order valence-electron chi connectivity index (χ0n) is 16.5. The molecular weight excluding hydrogens is 379 g/mol. The zero-order chi connectivity index (χ0) is 21.2. The van der Waals surface area contributed by atoms with Crippen LogP contribution in [0.3, 0.4) is 0 Å². The fourth-order valence-electron chi connectivity index (χ4n) is 3.26. The maximum Gasteiger partial charge on any atom is 0.416 e. The van der Waals surface area contributed by atoms with Gasteiger partial charge >= 0.3 is 6.18 Å². The number of halogens is 3. The van der Waals surface area contributed by atoms with E-state index in [4.69, 9.17) is 4.74 Å². The molecule has 0 fully saturated rings. The number of fused-ring (bicyclic) bond motifs is 1. The molecule has 1 atom stereocenters. The van der Waals surface area contributed by atoms with Crippen LogP contribution in [-0.2, 0) is 17.5 Å². The van der Waals surface area contributed by atoms with Crippen LogP contribution >= 0.6 is 0 Å². The highest BCUT2D eigenvalue weighted by molar-refractivity contribution is 5.88. The molecule has 0 heterocycles. The molecule has 0 unspecified atom stereocenters. The summed E-state index contributed by atoms with van der Waals surface area (Å²) in [6, 6.07) is 16.5. The first-order valence-electron chi connectivity index (χ1n) is 9.18. The summed E-state index contributed by atoms with van der Waals surface area (Å²) < 4.78 is 43.3. The van der Waals surface area contributed by atoms with Crippen molar-refractivity contribution in [3.8, 4) is 5.75 Å². The summed E-state index contributed by atoms with van der Waals surface area (Å²) in [6.45, 7) is 2.07. The third-order valence-electron chi connectivity index (χ3n) is 5.02. The first-order valence-corrected chi connectivity index (χ1v) is 9.18. The molecule has 0 bridgehead atoms. The Labute approximate surface area is 167 Å². The summed E-state index contributed by atoms with van der Waals surface area (Å²) in [6.07, 6.45) is -4.37. The molecule has 0 aliphatic carbocycles. The number of benzene rings is 3. The molecule has 0 aliphatic heterocycles. The number of ether oxygens (including phenoxy) is 1. The summed E-state index contributed by atoms with van der Waals surface area (Å²) in [7, 11) is 3.27. The Balaban J connectivity index is 1.72. The third-order valence-corrected chi connectivity index (χ3v) is 5.02. The number of hydrogen-bond donors (Lipinski definition) is 0. The van der Waals surface area contributed by atoms with E-state index in [0.717, 1.165) is 34.2 Å². The van der Waals surface area contributed by atoms with Crippen molar-refractivity contribution in [2.45, 2.75) is 25.6 Å². The fraction of sp³-hybridized carbons (Fsp3) is 0.261. The van der Waals surface area contributed by atoms with Crippen molar-refractivity contribution in [3.63, 3.8) is 0 Å². The Morgan fingerprint density at radius 2 is 1.62 bits per heavy atom. The minimum absolute atomic E-state index is 0.0993. The van der Waals surface area contributed by atoms with Crippen LogP contribution in [0.5, 0.6) is 5.75 Å². The largest absolute Gasteiger partial charge is 0.497 e. The number of amides is 1. The third kappa shape index (κ3) is 4.70. The second-order valence-corrected chi connectivity index (χ2v) is 7.08. The van der Waals surface area contributed by atoms with E-state index in [9.17, 15) is 18.0 Å². The van der Waals surface area contributed by atoms with E-state index in [-0.39, 0.29) is 18.4 Å². The highest BCUT2D eigenvalue weighted by atomic mass is 19.4. The van der Waals surface area contributed by atoms with Crippen LogP contribution < -0.4 is 4.74 Å². The highest BCUT2D eigenvalue weighted by Gasteiger charge is 2.30. The van der Waals surface area contributed by atoms with Gasteiger partial charge in [-0.25, -0.2) is 0 Å². The lowest BCUT2D eigenvalue weighted by atomic mass is 9.96. The van der Waals surface area contributed by atoms with Gasteiger partial charge in [0.1, 0.15) is 5.75 Å². The molecule has 29 heavy (non-hydrogen) atoms. The van der Waals surface area contributed by atoms with Crippen LogP contribution in [0, 0.1) is 0 Å². The molecule has 3 nitrogen and oxygen atoms in total. The predicted octanol–water partition coefficient (Wildman–Crippen LogP) is 5.63. The molecule has 6 heteroatoms. The van der Waals surface area contributed by atoms with Crippen LogP contribution in [0.2, 0.25) is 0 Å². The van der Waals surface area contributed by atoms with E-state index in [1.807, 2.05) is 43.3 Å². The lowest BCUT2D eigenvalue weighted by Crippen LogP contribution is -2.30. The average molecular weight is 401 g/mol. The quantitative estimate of drug-likeness (QED) is 0.555. The molecule has 0 aliphatic rings. The average Bonchev–Trinajstić information content (AvgIpc) is 2.71. The van der Waals surface area contributed by atoms with Gasteiger partial charge in [-0.15, -0.1) is 0 Å². The van der Waals surface area contributed by atoms with Gasteiger partial charge in [0.25, 0.3) is 0 Å². The summed E-state index contributed by atoms with van der Waals surface area (Å²) in [4.78, 5) is 14.4. The number of likely N-dealkylation sites (N-methyl/N-ethyl adjacent to an activating group) is 1. The van der Waals surface area contributed by atoms with E-state index in [0.29, 0.717) is 5.56 Å². The number of carbonyl (C=O) groups excluding carboxylic acids is 1. The molecule has 3 aromatic carbocycles. The van der Waals surface area contributed by atoms with Gasteiger partial charge in [-0.05, 0) is 53.1 Å². The van der Waals surface area contributed by atoms with Gasteiger partial charge in [-0.1, -0.05) is 36.4 Å². The molecule has 1 amide bonds. The van der Waals surface area contributed by atoms with Gasteiger partial charge in [0.05, 0.1) is 18.6 Å². The molecule has 3 aromatic rings. The molecular formula is C23H22F3NO2. The van der Waals surface area contributed by atoms with E-state index in [1.165, 1.54) is 17.0 Å². The lowest BCUT2D eigenvalue weighted by Gasteiger charge is -2.22. The zero-order valence-corrected chi connectivity index (χ0v) is 16.5. The minimum Gasteiger partial charge on any atom is -0.497 e. The normalized spacial score (nSPS) is 12.6. The van der Waals surface area contributed by atoms with E-state index in [1.54, 1.807) is 14.2 Å². The molecule has 0 saturated carbocycles. The Kier molecular flexibility index (Phi) is 5.82. The van der Waals surface area contributed by atoms with E-state index >= 15 is 0 Å².